The van der Waals surface area contributed by atoms with Crippen molar-refractivity contribution in [1.29, 1.82) is 0 Å². The van der Waals surface area contributed by atoms with Gasteiger partial charge in [0.15, 0.2) is 0 Å². The lowest BCUT2D eigenvalue weighted by Crippen LogP contribution is -2.02. The third-order valence-corrected chi connectivity index (χ3v) is 4.16. The van der Waals surface area contributed by atoms with Gasteiger partial charge < -0.3 is 4.74 Å². The van der Waals surface area contributed by atoms with E-state index in [-0.39, 0.29) is 0 Å². The average molecular weight is 296 g/mol. The molecule has 0 atom stereocenters. The molecule has 0 radical (unpaired) electrons. The quantitative estimate of drug-likeness (QED) is 0.578. The number of aromatic nitrogens is 1. The van der Waals surface area contributed by atoms with Gasteiger partial charge >= 0.3 is 0 Å². The van der Waals surface area contributed by atoms with Crippen molar-refractivity contribution >= 4 is 22.9 Å². The first kappa shape index (κ1) is 14.4. The Labute approximate surface area is 123 Å². The monoisotopic (exact) mass is 295 g/mol. The minimum atomic E-state index is 0.495. The largest absolute Gasteiger partial charge is 0.493 e. The lowest BCUT2D eigenvalue weighted by atomic mass is 10.1. The summed E-state index contributed by atoms with van der Waals surface area (Å²) in [5, 5.41) is 3.16. The van der Waals surface area contributed by atoms with Crippen molar-refractivity contribution < 1.29 is 4.74 Å². The van der Waals surface area contributed by atoms with Gasteiger partial charge in [-0.1, -0.05) is 18.2 Å². The Morgan fingerprint density at radius 3 is 2.63 bits per heavy atom. The van der Waals surface area contributed by atoms with E-state index in [1.807, 2.05) is 5.38 Å². The zero-order valence-electron chi connectivity index (χ0n) is 11.3. The van der Waals surface area contributed by atoms with Crippen LogP contribution in [0.2, 0.25) is 0 Å². The van der Waals surface area contributed by atoms with E-state index in [9.17, 15) is 0 Å². The first-order valence-electron chi connectivity index (χ1n) is 6.39. The second-order valence-corrected chi connectivity index (χ2v) is 5.75. The Bertz CT molecular complexity index is 518. The average Bonchev–Trinajstić information content (AvgIpc) is 2.85. The van der Waals surface area contributed by atoms with E-state index in [0.717, 1.165) is 35.9 Å². The molecule has 0 aliphatic rings. The van der Waals surface area contributed by atoms with Gasteiger partial charge in [-0.25, -0.2) is 4.98 Å². The number of para-hydroxylation sites is 1. The SMILES string of the molecule is Cc1cccc(C)c1OCCCc1nc(CCl)cs1. The molecule has 1 aromatic carbocycles. The molecule has 2 aromatic rings. The van der Waals surface area contributed by atoms with E-state index in [4.69, 9.17) is 16.3 Å². The van der Waals surface area contributed by atoms with Gasteiger partial charge in [0.05, 0.1) is 23.2 Å². The summed E-state index contributed by atoms with van der Waals surface area (Å²) < 4.78 is 5.87. The summed E-state index contributed by atoms with van der Waals surface area (Å²) in [4.78, 5) is 4.44. The number of hydrogen-bond donors (Lipinski definition) is 0. The number of halogens is 1. The Hall–Kier alpha value is -1.06. The molecule has 0 amide bonds. The fourth-order valence-electron chi connectivity index (χ4n) is 1.95. The fraction of sp³-hybridized carbons (Fsp3) is 0.400. The Morgan fingerprint density at radius 2 is 2.00 bits per heavy atom. The van der Waals surface area contributed by atoms with Crippen LogP contribution in [-0.2, 0) is 12.3 Å². The van der Waals surface area contributed by atoms with Crippen LogP contribution in [0.15, 0.2) is 23.6 Å². The highest BCUT2D eigenvalue weighted by atomic mass is 35.5. The van der Waals surface area contributed by atoms with Crippen LogP contribution in [0, 0.1) is 13.8 Å². The van der Waals surface area contributed by atoms with Crippen molar-refractivity contribution in [2.75, 3.05) is 6.61 Å². The van der Waals surface area contributed by atoms with Gasteiger partial charge in [-0.2, -0.15) is 0 Å². The number of rotatable bonds is 6. The molecule has 1 aromatic heterocycles. The number of aryl methyl sites for hydroxylation is 3. The normalized spacial score (nSPS) is 10.7. The van der Waals surface area contributed by atoms with Gasteiger partial charge in [-0.05, 0) is 31.4 Å². The maximum atomic E-state index is 5.87. The Balaban J connectivity index is 1.80. The van der Waals surface area contributed by atoms with E-state index in [2.05, 4.69) is 37.0 Å². The zero-order valence-corrected chi connectivity index (χ0v) is 12.9. The number of benzene rings is 1. The van der Waals surface area contributed by atoms with Crippen LogP contribution in [0.5, 0.6) is 5.75 Å². The molecule has 0 unspecified atom stereocenters. The van der Waals surface area contributed by atoms with Gasteiger partial charge in [0.2, 0.25) is 0 Å². The van der Waals surface area contributed by atoms with E-state index < -0.39 is 0 Å². The second-order valence-electron chi connectivity index (χ2n) is 4.54. The lowest BCUT2D eigenvalue weighted by Gasteiger charge is -2.11. The number of alkyl halides is 1. The molecule has 19 heavy (non-hydrogen) atoms. The summed E-state index contributed by atoms with van der Waals surface area (Å²) >= 11 is 7.41. The summed E-state index contributed by atoms with van der Waals surface area (Å²) in [5.41, 5.74) is 3.36. The van der Waals surface area contributed by atoms with Gasteiger partial charge in [0, 0.05) is 11.8 Å². The molecule has 0 bridgehead atoms. The summed E-state index contributed by atoms with van der Waals surface area (Å²) in [7, 11) is 0. The number of hydrogen-bond acceptors (Lipinski definition) is 3. The molecule has 0 saturated carbocycles. The van der Waals surface area contributed by atoms with E-state index in [1.54, 1.807) is 11.3 Å². The molecule has 0 aliphatic heterocycles. The Morgan fingerprint density at radius 1 is 1.26 bits per heavy atom. The van der Waals surface area contributed by atoms with Crippen molar-refractivity contribution in [2.24, 2.45) is 0 Å². The highest BCUT2D eigenvalue weighted by Crippen LogP contribution is 2.22. The van der Waals surface area contributed by atoms with E-state index in [1.165, 1.54) is 11.1 Å². The first-order chi connectivity index (χ1) is 9.20. The predicted octanol–water partition coefficient (Wildman–Crippen LogP) is 4.51. The van der Waals surface area contributed by atoms with E-state index >= 15 is 0 Å². The minimum absolute atomic E-state index is 0.495. The van der Waals surface area contributed by atoms with Crippen LogP contribution in [0.4, 0.5) is 0 Å². The highest BCUT2D eigenvalue weighted by Gasteiger charge is 2.04. The topological polar surface area (TPSA) is 22.1 Å². The summed E-state index contributed by atoms with van der Waals surface area (Å²) in [5.74, 6) is 1.51. The predicted molar refractivity (Wildman–Crippen MR) is 81.4 cm³/mol. The van der Waals surface area contributed by atoms with Crippen LogP contribution in [0.1, 0.15) is 28.2 Å². The number of ether oxygens (including phenoxy) is 1. The molecule has 1 heterocycles. The van der Waals surface area contributed by atoms with Crippen molar-refractivity contribution in [2.45, 2.75) is 32.6 Å². The second kappa shape index (κ2) is 6.92. The van der Waals surface area contributed by atoms with Crippen molar-refractivity contribution in [3.8, 4) is 5.75 Å². The summed E-state index contributed by atoms with van der Waals surface area (Å²) in [6, 6.07) is 6.21. The van der Waals surface area contributed by atoms with Gasteiger partial charge in [0.25, 0.3) is 0 Å². The zero-order chi connectivity index (χ0) is 13.7. The van der Waals surface area contributed by atoms with Crippen LogP contribution in [-0.4, -0.2) is 11.6 Å². The molecule has 0 saturated heterocycles. The van der Waals surface area contributed by atoms with Crippen LogP contribution >= 0.6 is 22.9 Å². The standard InChI is InChI=1S/C15H18ClNOS/c1-11-5-3-6-12(2)15(11)18-8-4-7-14-17-13(9-16)10-19-14/h3,5-6,10H,4,7-9H2,1-2H3. The van der Waals surface area contributed by atoms with Gasteiger partial charge in [-0.15, -0.1) is 22.9 Å². The molecule has 0 aliphatic carbocycles. The number of nitrogens with zero attached hydrogens (tertiary/aromatic N) is 1. The first-order valence-corrected chi connectivity index (χ1v) is 7.80. The minimum Gasteiger partial charge on any atom is -0.493 e. The van der Waals surface area contributed by atoms with Crippen molar-refractivity contribution in [3.63, 3.8) is 0 Å². The summed E-state index contributed by atoms with van der Waals surface area (Å²) in [6.45, 7) is 4.88. The third kappa shape index (κ3) is 3.95. The Kier molecular flexibility index (Phi) is 5.23. The van der Waals surface area contributed by atoms with E-state index in [0.29, 0.717) is 5.88 Å². The molecular formula is C15H18ClNOS. The van der Waals surface area contributed by atoms with Crippen LogP contribution < -0.4 is 4.74 Å². The molecule has 0 fully saturated rings. The smallest absolute Gasteiger partial charge is 0.125 e. The molecule has 0 spiro atoms. The molecule has 102 valence electrons. The fourth-order valence-corrected chi connectivity index (χ4v) is 3.02. The molecule has 2 rings (SSSR count). The van der Waals surface area contributed by atoms with Gasteiger partial charge in [0.1, 0.15) is 5.75 Å². The van der Waals surface area contributed by atoms with Gasteiger partial charge in [-0.3, -0.25) is 0 Å². The maximum Gasteiger partial charge on any atom is 0.125 e. The molecular weight excluding hydrogens is 278 g/mol. The van der Waals surface area contributed by atoms with Crippen molar-refractivity contribution in [3.05, 3.63) is 45.4 Å². The third-order valence-electron chi connectivity index (χ3n) is 2.93. The lowest BCUT2D eigenvalue weighted by molar-refractivity contribution is 0.307. The highest BCUT2D eigenvalue weighted by molar-refractivity contribution is 7.09. The molecule has 2 nitrogen and oxygen atoms in total. The molecule has 0 N–H and O–H groups in total. The number of thiazole rings is 1. The van der Waals surface area contributed by atoms with Crippen LogP contribution in [0.3, 0.4) is 0 Å². The maximum absolute atomic E-state index is 5.87. The molecule has 4 heteroatoms. The van der Waals surface area contributed by atoms with Crippen molar-refractivity contribution in [1.82, 2.24) is 4.98 Å². The van der Waals surface area contributed by atoms with Crippen LogP contribution in [0.25, 0.3) is 0 Å². The summed E-state index contributed by atoms with van der Waals surface area (Å²) in [6.07, 6.45) is 1.93.